The number of pyridine rings is 1. The molecule has 1 radical (unpaired) electrons. The molecule has 3 nitrogen and oxygen atoms in total. The minimum atomic E-state index is -2.64. The first-order chi connectivity index (χ1) is 11.5. The number of nitrogens with zero attached hydrogens (tertiary/aromatic N) is 1. The SMILES string of the molecule is CC.Cc1ccccc1-c1c(O)c2ccsc2n(CC(F)F)c1=O.[CH3-].[Y]. The molecule has 0 unspecified atom stereocenters. The molecule has 0 aliphatic heterocycles. The maximum Gasteiger partial charge on any atom is 0.263 e. The van der Waals surface area contributed by atoms with Crippen molar-refractivity contribution in [3.05, 3.63) is 59.1 Å². The first-order valence-corrected chi connectivity index (χ1v) is 8.55. The number of aromatic hydroxyl groups is 1. The predicted molar refractivity (Wildman–Crippen MR) is 102 cm³/mol. The molecule has 0 aliphatic carbocycles. The van der Waals surface area contributed by atoms with Gasteiger partial charge in [0, 0.05) is 32.7 Å². The maximum absolute atomic E-state index is 12.8. The van der Waals surface area contributed by atoms with Gasteiger partial charge in [-0.25, -0.2) is 8.78 Å². The molecule has 0 spiro atoms. The van der Waals surface area contributed by atoms with Crippen LogP contribution in [0, 0.1) is 14.4 Å². The fourth-order valence-corrected chi connectivity index (χ4v) is 3.46. The smallest absolute Gasteiger partial charge is 0.263 e. The molecule has 0 amide bonds. The van der Waals surface area contributed by atoms with E-state index in [1.54, 1.807) is 23.6 Å². The Morgan fingerprint density at radius 1 is 1.19 bits per heavy atom. The number of benzene rings is 1. The van der Waals surface area contributed by atoms with Gasteiger partial charge in [0.05, 0.1) is 17.5 Å². The van der Waals surface area contributed by atoms with Gasteiger partial charge in [0.2, 0.25) is 0 Å². The van der Waals surface area contributed by atoms with Crippen molar-refractivity contribution >= 4 is 21.6 Å². The van der Waals surface area contributed by atoms with Crippen molar-refractivity contribution in [1.82, 2.24) is 4.57 Å². The Kier molecular flexibility index (Phi) is 10.4. The number of halogens is 2. The van der Waals surface area contributed by atoms with Gasteiger partial charge in [-0.2, -0.15) is 0 Å². The molecule has 0 atom stereocenters. The van der Waals surface area contributed by atoms with E-state index in [2.05, 4.69) is 0 Å². The van der Waals surface area contributed by atoms with E-state index in [9.17, 15) is 18.7 Å². The number of aromatic nitrogens is 1. The van der Waals surface area contributed by atoms with Gasteiger partial charge < -0.3 is 12.5 Å². The molecule has 0 fully saturated rings. The summed E-state index contributed by atoms with van der Waals surface area (Å²) in [5, 5.41) is 12.6. The minimum Gasteiger partial charge on any atom is -0.506 e. The number of rotatable bonds is 3. The maximum atomic E-state index is 12.8. The number of hydrogen-bond acceptors (Lipinski definition) is 3. The van der Waals surface area contributed by atoms with Crippen LogP contribution in [0.2, 0.25) is 0 Å². The molecule has 3 rings (SSSR count). The summed E-state index contributed by atoms with van der Waals surface area (Å²) in [6.45, 7) is 5.12. The van der Waals surface area contributed by atoms with E-state index in [-0.39, 0.29) is 51.4 Å². The van der Waals surface area contributed by atoms with Crippen LogP contribution in [0.4, 0.5) is 8.78 Å². The molecule has 1 aromatic carbocycles. The Morgan fingerprint density at radius 3 is 2.38 bits per heavy atom. The van der Waals surface area contributed by atoms with Crippen molar-refractivity contribution in [3.8, 4) is 16.9 Å². The summed E-state index contributed by atoms with van der Waals surface area (Å²) in [5.41, 5.74) is 0.834. The van der Waals surface area contributed by atoms with E-state index in [0.29, 0.717) is 15.8 Å². The monoisotopic (exact) mass is 455 g/mol. The number of aryl methyl sites for hydroxylation is 1. The quantitative estimate of drug-likeness (QED) is 0.532. The van der Waals surface area contributed by atoms with Gasteiger partial charge in [-0.05, 0) is 29.5 Å². The average Bonchev–Trinajstić information content (AvgIpc) is 3.05. The van der Waals surface area contributed by atoms with Crippen molar-refractivity contribution in [3.63, 3.8) is 0 Å². The standard InChI is InChI=1S/C16H13F2NO2S.C2H6.CH3.Y/c1-9-4-2-3-5-10(9)13-14(20)11-6-7-22-16(11)19(15(13)21)8-12(17)18;1-2;;/h2-7,12,20H,8H2,1H3;1-2H3;1H3;/q;;-1;. The second-order valence-corrected chi connectivity index (χ2v) is 5.88. The van der Waals surface area contributed by atoms with Crippen LogP contribution in [0.25, 0.3) is 21.3 Å². The van der Waals surface area contributed by atoms with Crippen molar-refractivity contribution in [2.75, 3.05) is 0 Å². The van der Waals surface area contributed by atoms with Crippen molar-refractivity contribution in [2.45, 2.75) is 33.7 Å². The predicted octanol–water partition coefficient (Wildman–Crippen LogP) is 5.48. The van der Waals surface area contributed by atoms with Crippen molar-refractivity contribution < 1.29 is 46.6 Å². The number of thiophene rings is 1. The Labute approximate surface area is 181 Å². The minimum absolute atomic E-state index is 0. The zero-order valence-corrected chi connectivity index (χ0v) is 18.9. The molecule has 2 heterocycles. The molecule has 139 valence electrons. The Balaban J connectivity index is 0.00000151. The fourth-order valence-electron chi connectivity index (χ4n) is 2.55. The second kappa shape index (κ2) is 10.9. The van der Waals surface area contributed by atoms with E-state index in [0.717, 1.165) is 21.5 Å². The third-order valence-corrected chi connectivity index (χ3v) is 4.51. The van der Waals surface area contributed by atoms with Gasteiger partial charge in [0.25, 0.3) is 12.0 Å². The van der Waals surface area contributed by atoms with Gasteiger partial charge in [0.1, 0.15) is 10.6 Å². The molecule has 7 heteroatoms. The third-order valence-electron chi connectivity index (χ3n) is 3.58. The molecular weight excluding hydrogens is 433 g/mol. The van der Waals surface area contributed by atoms with Crippen LogP contribution < -0.4 is 5.56 Å². The molecule has 0 saturated carbocycles. The van der Waals surface area contributed by atoms with Crippen LogP contribution in [-0.4, -0.2) is 16.1 Å². The van der Waals surface area contributed by atoms with E-state index in [1.165, 1.54) is 0 Å². The topological polar surface area (TPSA) is 42.2 Å². The van der Waals surface area contributed by atoms with Crippen molar-refractivity contribution in [2.24, 2.45) is 0 Å². The molecule has 26 heavy (non-hydrogen) atoms. The second-order valence-electron chi connectivity index (χ2n) is 4.98. The van der Waals surface area contributed by atoms with E-state index in [4.69, 9.17) is 0 Å². The zero-order valence-electron chi connectivity index (χ0n) is 15.3. The summed E-state index contributed by atoms with van der Waals surface area (Å²) in [6, 6.07) is 8.71. The molecule has 3 aromatic rings. The molecule has 2 aromatic heterocycles. The van der Waals surface area contributed by atoms with Gasteiger partial charge in [0.15, 0.2) is 0 Å². The summed E-state index contributed by atoms with van der Waals surface area (Å²) < 4.78 is 26.7. The molecule has 1 N–H and O–H groups in total. The summed E-state index contributed by atoms with van der Waals surface area (Å²) in [5.74, 6) is -0.152. The zero-order chi connectivity index (χ0) is 17.9. The van der Waals surface area contributed by atoms with Gasteiger partial charge in [-0.15, -0.1) is 11.3 Å². The van der Waals surface area contributed by atoms with E-state index < -0.39 is 18.5 Å². The van der Waals surface area contributed by atoms with E-state index in [1.807, 2.05) is 32.9 Å². The van der Waals surface area contributed by atoms with Crippen LogP contribution in [0.3, 0.4) is 0 Å². The fraction of sp³-hybridized carbons (Fsp3) is 0.263. The third kappa shape index (κ3) is 4.78. The van der Waals surface area contributed by atoms with E-state index >= 15 is 0 Å². The number of hydrogen-bond donors (Lipinski definition) is 1. The van der Waals surface area contributed by atoms with Crippen molar-refractivity contribution in [1.29, 1.82) is 0 Å². The number of fused-ring (bicyclic) bond motifs is 1. The molecular formula is C19H22F2NO2SY-. The molecule has 0 bridgehead atoms. The van der Waals surface area contributed by atoms with Crippen LogP contribution in [0.15, 0.2) is 40.5 Å². The van der Waals surface area contributed by atoms with Crippen LogP contribution >= 0.6 is 11.3 Å². The molecule has 0 saturated heterocycles. The summed E-state index contributed by atoms with van der Waals surface area (Å²) >= 11 is 1.16. The van der Waals surface area contributed by atoms with Crippen LogP contribution in [-0.2, 0) is 39.3 Å². The normalized spacial score (nSPS) is 9.92. The van der Waals surface area contributed by atoms with Gasteiger partial charge in [-0.1, -0.05) is 38.1 Å². The Bertz CT molecular complexity index is 906. The summed E-state index contributed by atoms with van der Waals surface area (Å²) in [4.78, 5) is 13.0. The number of alkyl halides is 2. The largest absolute Gasteiger partial charge is 0.506 e. The Morgan fingerprint density at radius 2 is 1.81 bits per heavy atom. The van der Waals surface area contributed by atoms with Crippen LogP contribution in [0.5, 0.6) is 5.75 Å². The first-order valence-electron chi connectivity index (χ1n) is 7.68. The molecule has 0 aliphatic rings. The Hall–Kier alpha value is -1.11. The van der Waals surface area contributed by atoms with Gasteiger partial charge in [-0.3, -0.25) is 9.36 Å². The van der Waals surface area contributed by atoms with Crippen LogP contribution in [0.1, 0.15) is 19.4 Å². The summed E-state index contributed by atoms with van der Waals surface area (Å²) in [6.07, 6.45) is -2.64. The summed E-state index contributed by atoms with van der Waals surface area (Å²) in [7, 11) is 0. The van der Waals surface area contributed by atoms with Gasteiger partial charge >= 0.3 is 0 Å². The first kappa shape index (κ1) is 24.9. The average molecular weight is 455 g/mol.